The van der Waals surface area contributed by atoms with Crippen molar-refractivity contribution in [1.29, 1.82) is 0 Å². The fraction of sp³-hybridized carbons (Fsp3) is 0.600. The minimum absolute atomic E-state index is 0.631. The highest BCUT2D eigenvalue weighted by Crippen LogP contribution is 2.27. The fourth-order valence-corrected chi connectivity index (χ4v) is 1.72. The van der Waals surface area contributed by atoms with Crippen LogP contribution < -0.4 is 0 Å². The van der Waals surface area contributed by atoms with Crippen LogP contribution in [0.25, 0.3) is 0 Å². The lowest BCUT2D eigenvalue weighted by Crippen LogP contribution is -2.27. The summed E-state index contributed by atoms with van der Waals surface area (Å²) in [7, 11) is 2.10. The third-order valence-electron chi connectivity index (χ3n) is 2.55. The van der Waals surface area contributed by atoms with Gasteiger partial charge in [0, 0.05) is 19.3 Å². The summed E-state index contributed by atoms with van der Waals surface area (Å²) in [4.78, 5) is 2.24. The molecule has 0 fully saturated rings. The molecule has 0 saturated heterocycles. The first-order chi connectivity index (χ1) is 7.70. The summed E-state index contributed by atoms with van der Waals surface area (Å²) in [6.07, 6.45) is 5.10. The zero-order valence-corrected chi connectivity index (χ0v) is 12.0. The van der Waals surface area contributed by atoms with Crippen molar-refractivity contribution in [1.82, 2.24) is 4.90 Å². The third-order valence-corrected chi connectivity index (χ3v) is 2.55. The predicted molar refractivity (Wildman–Crippen MR) is 76.5 cm³/mol. The minimum atomic E-state index is 0.631. The zero-order chi connectivity index (χ0) is 13.1. The SMILES string of the molecule is C=CC1=C(C=C)N(C)CCC1C.CC.CC. The van der Waals surface area contributed by atoms with E-state index in [1.165, 1.54) is 17.7 Å². The van der Waals surface area contributed by atoms with Gasteiger partial charge in [0.15, 0.2) is 0 Å². The summed E-state index contributed by atoms with van der Waals surface area (Å²) in [6, 6.07) is 0. The van der Waals surface area contributed by atoms with E-state index in [1.54, 1.807) is 0 Å². The Morgan fingerprint density at radius 3 is 1.94 bits per heavy atom. The van der Waals surface area contributed by atoms with Gasteiger partial charge in [-0.15, -0.1) is 0 Å². The van der Waals surface area contributed by atoms with E-state index in [-0.39, 0.29) is 0 Å². The Labute approximate surface area is 103 Å². The van der Waals surface area contributed by atoms with Crippen LogP contribution in [0.4, 0.5) is 0 Å². The van der Waals surface area contributed by atoms with E-state index in [1.807, 2.05) is 39.8 Å². The molecule has 1 aliphatic heterocycles. The van der Waals surface area contributed by atoms with E-state index in [0.717, 1.165) is 6.54 Å². The van der Waals surface area contributed by atoms with Gasteiger partial charge in [-0.3, -0.25) is 0 Å². The van der Waals surface area contributed by atoms with Crippen LogP contribution in [-0.4, -0.2) is 18.5 Å². The molecule has 1 atom stereocenters. The highest BCUT2D eigenvalue weighted by molar-refractivity contribution is 5.33. The van der Waals surface area contributed by atoms with Crippen molar-refractivity contribution in [3.63, 3.8) is 0 Å². The molecular formula is C15H29N. The largest absolute Gasteiger partial charge is 0.374 e. The molecule has 1 heterocycles. The summed E-state index contributed by atoms with van der Waals surface area (Å²) in [5.41, 5.74) is 2.57. The molecule has 1 unspecified atom stereocenters. The van der Waals surface area contributed by atoms with Gasteiger partial charge < -0.3 is 4.90 Å². The molecule has 0 bridgehead atoms. The van der Waals surface area contributed by atoms with Crippen molar-refractivity contribution < 1.29 is 0 Å². The minimum Gasteiger partial charge on any atom is -0.374 e. The first-order valence-corrected chi connectivity index (χ1v) is 6.41. The Hall–Kier alpha value is -0.980. The van der Waals surface area contributed by atoms with Crippen molar-refractivity contribution in [2.24, 2.45) is 5.92 Å². The first kappa shape index (κ1) is 17.4. The molecule has 0 radical (unpaired) electrons. The van der Waals surface area contributed by atoms with Gasteiger partial charge in [-0.25, -0.2) is 0 Å². The molecule has 1 rings (SSSR count). The molecule has 0 amide bonds. The first-order valence-electron chi connectivity index (χ1n) is 6.41. The molecular weight excluding hydrogens is 194 g/mol. The maximum Gasteiger partial charge on any atom is 0.0392 e. The Morgan fingerprint density at radius 1 is 1.12 bits per heavy atom. The van der Waals surface area contributed by atoms with Gasteiger partial charge in [-0.1, -0.05) is 53.9 Å². The monoisotopic (exact) mass is 223 g/mol. The quantitative estimate of drug-likeness (QED) is 0.659. The highest BCUT2D eigenvalue weighted by atomic mass is 15.1. The molecule has 16 heavy (non-hydrogen) atoms. The van der Waals surface area contributed by atoms with E-state index < -0.39 is 0 Å². The van der Waals surface area contributed by atoms with Gasteiger partial charge in [0.05, 0.1) is 0 Å². The second-order valence-electron chi connectivity index (χ2n) is 3.36. The predicted octanol–water partition coefficient (Wildman–Crippen LogP) is 4.64. The zero-order valence-electron chi connectivity index (χ0n) is 12.0. The molecule has 94 valence electrons. The number of hydrogen-bond acceptors (Lipinski definition) is 1. The average Bonchev–Trinajstić information content (AvgIpc) is 2.36. The average molecular weight is 223 g/mol. The molecule has 1 aliphatic rings. The van der Waals surface area contributed by atoms with Crippen molar-refractivity contribution >= 4 is 0 Å². The molecule has 1 nitrogen and oxygen atoms in total. The van der Waals surface area contributed by atoms with Crippen LogP contribution >= 0.6 is 0 Å². The van der Waals surface area contributed by atoms with Crippen LogP contribution in [0, 0.1) is 5.92 Å². The van der Waals surface area contributed by atoms with Gasteiger partial charge in [0.1, 0.15) is 0 Å². The second-order valence-corrected chi connectivity index (χ2v) is 3.36. The van der Waals surface area contributed by atoms with E-state index in [0.29, 0.717) is 5.92 Å². The normalized spacial score (nSPS) is 18.9. The van der Waals surface area contributed by atoms with Crippen molar-refractivity contribution in [2.45, 2.75) is 41.0 Å². The number of rotatable bonds is 2. The van der Waals surface area contributed by atoms with Gasteiger partial charge in [0.25, 0.3) is 0 Å². The van der Waals surface area contributed by atoms with E-state index in [9.17, 15) is 0 Å². The van der Waals surface area contributed by atoms with Crippen molar-refractivity contribution in [3.8, 4) is 0 Å². The highest BCUT2D eigenvalue weighted by Gasteiger charge is 2.18. The van der Waals surface area contributed by atoms with Crippen LogP contribution in [0.1, 0.15) is 41.0 Å². The number of allylic oxidation sites excluding steroid dienone is 3. The Balaban J connectivity index is 0. The smallest absolute Gasteiger partial charge is 0.0392 e. The summed E-state index contributed by atoms with van der Waals surface area (Å²) < 4.78 is 0. The maximum absolute atomic E-state index is 3.84. The lowest BCUT2D eigenvalue weighted by atomic mass is 9.91. The van der Waals surface area contributed by atoms with Crippen molar-refractivity contribution in [2.75, 3.05) is 13.6 Å². The third kappa shape index (κ3) is 4.69. The fourth-order valence-electron chi connectivity index (χ4n) is 1.72. The molecule has 0 aromatic rings. The van der Waals surface area contributed by atoms with E-state index in [4.69, 9.17) is 0 Å². The number of nitrogens with zero attached hydrogens (tertiary/aromatic N) is 1. The van der Waals surface area contributed by atoms with Gasteiger partial charge in [-0.2, -0.15) is 0 Å². The van der Waals surface area contributed by atoms with Crippen LogP contribution in [0.2, 0.25) is 0 Å². The molecule has 0 saturated carbocycles. The Bertz CT molecular complexity index is 202. The molecule has 0 spiro atoms. The van der Waals surface area contributed by atoms with Crippen LogP contribution in [0.5, 0.6) is 0 Å². The summed E-state index contributed by atoms with van der Waals surface area (Å²) >= 11 is 0. The topological polar surface area (TPSA) is 3.24 Å². The molecule has 0 aliphatic carbocycles. The number of likely N-dealkylation sites (N-methyl/N-ethyl adjacent to an activating group) is 1. The Morgan fingerprint density at radius 2 is 1.62 bits per heavy atom. The number of hydrogen-bond donors (Lipinski definition) is 0. The molecule has 1 heteroatoms. The summed E-state index contributed by atoms with van der Waals surface area (Å²) in [5, 5.41) is 0. The summed E-state index contributed by atoms with van der Waals surface area (Å²) in [5.74, 6) is 0.631. The van der Waals surface area contributed by atoms with Crippen LogP contribution in [0.3, 0.4) is 0 Å². The van der Waals surface area contributed by atoms with E-state index >= 15 is 0 Å². The Kier molecular flexibility index (Phi) is 11.5. The van der Waals surface area contributed by atoms with Gasteiger partial charge in [-0.05, 0) is 24.0 Å². The van der Waals surface area contributed by atoms with E-state index in [2.05, 4.69) is 32.0 Å². The molecule has 0 aromatic heterocycles. The second kappa shape index (κ2) is 10.5. The van der Waals surface area contributed by atoms with Crippen LogP contribution in [0.15, 0.2) is 36.6 Å². The lowest BCUT2D eigenvalue weighted by Gasteiger charge is -2.31. The van der Waals surface area contributed by atoms with Crippen LogP contribution in [-0.2, 0) is 0 Å². The van der Waals surface area contributed by atoms with Crippen molar-refractivity contribution in [3.05, 3.63) is 36.6 Å². The van der Waals surface area contributed by atoms with Gasteiger partial charge >= 0.3 is 0 Å². The van der Waals surface area contributed by atoms with Gasteiger partial charge in [0.2, 0.25) is 0 Å². The summed E-state index contributed by atoms with van der Waals surface area (Å²) in [6.45, 7) is 19.0. The lowest BCUT2D eigenvalue weighted by molar-refractivity contribution is 0.356. The molecule has 0 N–H and O–H groups in total. The maximum atomic E-state index is 3.84. The molecule has 0 aromatic carbocycles. The standard InChI is InChI=1S/C11H17N.2C2H6/c1-5-10-9(3)7-8-12(4)11(10)6-2;2*1-2/h5-6,9H,1-2,7-8H2,3-4H3;2*1-2H3.